The van der Waals surface area contributed by atoms with Gasteiger partial charge in [-0.1, -0.05) is 0 Å². The largest absolute Gasteiger partial charge is 0.481 e. The molecule has 0 unspecified atom stereocenters. The van der Waals surface area contributed by atoms with Gasteiger partial charge in [-0.15, -0.1) is 0 Å². The van der Waals surface area contributed by atoms with Crippen molar-refractivity contribution in [1.29, 1.82) is 0 Å². The first kappa shape index (κ1) is 7.14. The first-order valence-corrected chi connectivity index (χ1v) is 4.47. The lowest BCUT2D eigenvalue weighted by atomic mass is 9.87. The molecule has 3 atom stereocenters. The van der Waals surface area contributed by atoms with Gasteiger partial charge in [0.1, 0.15) is 0 Å². The zero-order valence-corrected chi connectivity index (χ0v) is 6.62. The highest BCUT2D eigenvalue weighted by atomic mass is 16.4. The van der Waals surface area contributed by atoms with Gasteiger partial charge >= 0.3 is 5.97 Å². The first-order valence-electron chi connectivity index (χ1n) is 4.47. The summed E-state index contributed by atoms with van der Waals surface area (Å²) in [5.41, 5.74) is 0. The highest BCUT2D eigenvalue weighted by Crippen LogP contribution is 2.51. The van der Waals surface area contributed by atoms with E-state index in [1.54, 1.807) is 0 Å². The summed E-state index contributed by atoms with van der Waals surface area (Å²) in [6.07, 6.45) is 5.44. The van der Waals surface area contributed by atoms with Crippen LogP contribution in [-0.4, -0.2) is 11.1 Å². The fourth-order valence-electron chi connectivity index (χ4n) is 2.38. The zero-order chi connectivity index (χ0) is 7.84. The van der Waals surface area contributed by atoms with Crippen molar-refractivity contribution < 1.29 is 9.90 Å². The topological polar surface area (TPSA) is 37.3 Å². The molecule has 2 fully saturated rings. The predicted octanol–water partition coefficient (Wildman–Crippen LogP) is 1.90. The van der Waals surface area contributed by atoms with E-state index in [2.05, 4.69) is 0 Å². The Labute approximate surface area is 66.6 Å². The Bertz CT molecular complexity index is 176. The Morgan fingerprint density at radius 3 is 2.73 bits per heavy atom. The maximum atomic E-state index is 10.4. The van der Waals surface area contributed by atoms with Crippen LogP contribution in [0.2, 0.25) is 0 Å². The van der Waals surface area contributed by atoms with Crippen LogP contribution < -0.4 is 0 Å². The summed E-state index contributed by atoms with van der Waals surface area (Å²) in [5.74, 6) is 1.78. The molecule has 2 nitrogen and oxygen atoms in total. The second kappa shape index (κ2) is 2.50. The molecule has 0 aromatic heterocycles. The van der Waals surface area contributed by atoms with Crippen molar-refractivity contribution in [3.05, 3.63) is 0 Å². The quantitative estimate of drug-likeness (QED) is 0.659. The summed E-state index contributed by atoms with van der Waals surface area (Å²) in [6, 6.07) is 0. The number of rotatable bonds is 2. The maximum Gasteiger partial charge on any atom is 0.303 e. The van der Waals surface area contributed by atoms with Gasteiger partial charge in [0.05, 0.1) is 0 Å². The van der Waals surface area contributed by atoms with Crippen LogP contribution in [0.1, 0.15) is 32.1 Å². The molecule has 2 saturated carbocycles. The van der Waals surface area contributed by atoms with Gasteiger partial charge < -0.3 is 5.11 Å². The van der Waals surface area contributed by atoms with Crippen LogP contribution in [-0.2, 0) is 4.79 Å². The number of aliphatic carboxylic acids is 1. The minimum absolute atomic E-state index is 0.406. The van der Waals surface area contributed by atoms with Crippen LogP contribution in [0, 0.1) is 17.8 Å². The standard InChI is InChI=1S/C9H14O2/c10-9(11)4-6-1-2-7-5-8(7)3-6/h6-8H,1-5H2,(H,10,11)/t6-,7-,8+/m1/s1. The summed E-state index contributed by atoms with van der Waals surface area (Å²) in [4.78, 5) is 10.4. The Balaban J connectivity index is 1.81. The average molecular weight is 154 g/mol. The summed E-state index contributed by atoms with van der Waals surface area (Å²) in [5, 5.41) is 8.57. The van der Waals surface area contributed by atoms with Crippen LogP contribution in [0.4, 0.5) is 0 Å². The molecule has 0 saturated heterocycles. The lowest BCUT2D eigenvalue weighted by Gasteiger charge is -2.18. The molecular weight excluding hydrogens is 140 g/mol. The van der Waals surface area contributed by atoms with E-state index in [-0.39, 0.29) is 0 Å². The number of hydrogen-bond acceptors (Lipinski definition) is 1. The maximum absolute atomic E-state index is 10.4. The molecule has 0 amide bonds. The number of carboxylic acids is 1. The van der Waals surface area contributed by atoms with E-state index >= 15 is 0 Å². The molecule has 0 heterocycles. The minimum Gasteiger partial charge on any atom is -0.481 e. The monoisotopic (exact) mass is 154 g/mol. The summed E-state index contributed by atoms with van der Waals surface area (Å²) >= 11 is 0. The third-order valence-electron chi connectivity index (χ3n) is 3.11. The molecule has 2 rings (SSSR count). The van der Waals surface area contributed by atoms with Crippen LogP contribution >= 0.6 is 0 Å². The zero-order valence-electron chi connectivity index (χ0n) is 6.62. The molecule has 0 aromatic carbocycles. The molecule has 0 spiro atoms. The van der Waals surface area contributed by atoms with Crippen molar-refractivity contribution in [1.82, 2.24) is 0 Å². The van der Waals surface area contributed by atoms with E-state index < -0.39 is 5.97 Å². The van der Waals surface area contributed by atoms with Crippen molar-refractivity contribution in [3.8, 4) is 0 Å². The van der Waals surface area contributed by atoms with Crippen LogP contribution in [0.25, 0.3) is 0 Å². The van der Waals surface area contributed by atoms with Crippen molar-refractivity contribution in [2.45, 2.75) is 32.1 Å². The van der Waals surface area contributed by atoms with E-state index in [0.29, 0.717) is 12.3 Å². The molecule has 2 aliphatic carbocycles. The van der Waals surface area contributed by atoms with E-state index in [1.165, 1.54) is 19.3 Å². The van der Waals surface area contributed by atoms with Crippen molar-refractivity contribution in [3.63, 3.8) is 0 Å². The molecule has 0 radical (unpaired) electrons. The predicted molar refractivity (Wildman–Crippen MR) is 41.2 cm³/mol. The second-order valence-corrected chi connectivity index (χ2v) is 4.03. The first-order chi connectivity index (χ1) is 5.25. The number of fused-ring (bicyclic) bond motifs is 1. The van der Waals surface area contributed by atoms with Gasteiger partial charge in [-0.2, -0.15) is 0 Å². The second-order valence-electron chi connectivity index (χ2n) is 4.03. The normalized spacial score (nSPS) is 41.3. The fraction of sp³-hybridized carbons (Fsp3) is 0.889. The van der Waals surface area contributed by atoms with E-state index in [0.717, 1.165) is 18.3 Å². The molecular formula is C9H14O2. The molecule has 2 aliphatic rings. The summed E-state index contributed by atoms with van der Waals surface area (Å²) < 4.78 is 0. The molecule has 62 valence electrons. The van der Waals surface area contributed by atoms with Gasteiger partial charge in [0.2, 0.25) is 0 Å². The molecule has 2 heteroatoms. The van der Waals surface area contributed by atoms with E-state index in [9.17, 15) is 4.79 Å². The Morgan fingerprint density at radius 2 is 2.09 bits per heavy atom. The SMILES string of the molecule is O=C(O)C[C@@H]1CC[C@@H]2C[C@@H]2C1. The van der Waals surface area contributed by atoms with Crippen molar-refractivity contribution >= 4 is 5.97 Å². The average Bonchev–Trinajstić information content (AvgIpc) is 2.63. The van der Waals surface area contributed by atoms with Gasteiger partial charge in [-0.25, -0.2) is 0 Å². The van der Waals surface area contributed by atoms with Crippen molar-refractivity contribution in [2.75, 3.05) is 0 Å². The van der Waals surface area contributed by atoms with E-state index in [4.69, 9.17) is 5.11 Å². The van der Waals surface area contributed by atoms with Crippen LogP contribution in [0.15, 0.2) is 0 Å². The van der Waals surface area contributed by atoms with E-state index in [1.807, 2.05) is 0 Å². The smallest absolute Gasteiger partial charge is 0.303 e. The molecule has 0 bridgehead atoms. The fourth-order valence-corrected chi connectivity index (χ4v) is 2.38. The number of carboxylic acid groups (broad SMARTS) is 1. The lowest BCUT2D eigenvalue weighted by Crippen LogP contribution is -2.12. The number of hydrogen-bond donors (Lipinski definition) is 1. The van der Waals surface area contributed by atoms with Gasteiger partial charge in [0, 0.05) is 6.42 Å². The van der Waals surface area contributed by atoms with Gasteiger partial charge in [0.25, 0.3) is 0 Å². The molecule has 0 aliphatic heterocycles. The Morgan fingerprint density at radius 1 is 1.27 bits per heavy atom. The Hall–Kier alpha value is -0.530. The van der Waals surface area contributed by atoms with Crippen molar-refractivity contribution in [2.24, 2.45) is 17.8 Å². The van der Waals surface area contributed by atoms with Crippen LogP contribution in [0.3, 0.4) is 0 Å². The number of carbonyl (C=O) groups is 1. The molecule has 0 aromatic rings. The molecule has 11 heavy (non-hydrogen) atoms. The third kappa shape index (κ3) is 1.55. The molecule has 1 N–H and O–H groups in total. The Kier molecular flexibility index (Phi) is 1.63. The summed E-state index contributed by atoms with van der Waals surface area (Å²) in [6.45, 7) is 0. The minimum atomic E-state index is -0.617. The summed E-state index contributed by atoms with van der Waals surface area (Å²) in [7, 11) is 0. The highest BCUT2D eigenvalue weighted by Gasteiger charge is 2.42. The van der Waals surface area contributed by atoms with Crippen LogP contribution in [0.5, 0.6) is 0 Å². The third-order valence-corrected chi connectivity index (χ3v) is 3.11. The van der Waals surface area contributed by atoms with Gasteiger partial charge in [0.15, 0.2) is 0 Å². The highest BCUT2D eigenvalue weighted by molar-refractivity contribution is 5.67. The van der Waals surface area contributed by atoms with Gasteiger partial charge in [-0.05, 0) is 43.4 Å². The lowest BCUT2D eigenvalue weighted by molar-refractivity contribution is -0.138. The van der Waals surface area contributed by atoms with Gasteiger partial charge in [-0.3, -0.25) is 4.79 Å².